The quantitative estimate of drug-likeness (QED) is 0.788. The van der Waals surface area contributed by atoms with E-state index in [2.05, 4.69) is 18.4 Å². The molecule has 3 rings (SSSR count). The molecule has 152 valence electrons. The molecule has 28 heavy (non-hydrogen) atoms. The molecule has 1 aliphatic heterocycles. The highest BCUT2D eigenvalue weighted by Gasteiger charge is 2.31. The summed E-state index contributed by atoms with van der Waals surface area (Å²) in [6.45, 7) is 11.5. The first-order valence-corrected chi connectivity index (χ1v) is 11.1. The average Bonchev–Trinajstić information content (AvgIpc) is 2.96. The van der Waals surface area contributed by atoms with Crippen LogP contribution in [0.15, 0.2) is 35.2 Å². The number of hydrogen-bond donors (Lipinski definition) is 0. The maximum Gasteiger partial charge on any atom is 0.255 e. The van der Waals surface area contributed by atoms with Crippen molar-refractivity contribution in [2.75, 3.05) is 26.2 Å². The van der Waals surface area contributed by atoms with Gasteiger partial charge in [-0.3, -0.25) is 4.79 Å². The van der Waals surface area contributed by atoms with Gasteiger partial charge in [0, 0.05) is 43.6 Å². The van der Waals surface area contributed by atoms with E-state index in [-0.39, 0.29) is 11.9 Å². The number of sulfonamides is 1. The molecule has 0 bridgehead atoms. The van der Waals surface area contributed by atoms with Gasteiger partial charge in [0.25, 0.3) is 5.91 Å². The molecule has 7 heteroatoms. The summed E-state index contributed by atoms with van der Waals surface area (Å²) in [7, 11) is -3.52. The molecule has 1 aromatic carbocycles. The lowest BCUT2D eigenvalue weighted by molar-refractivity contribution is 0.0697. The van der Waals surface area contributed by atoms with Gasteiger partial charge in [0.15, 0.2) is 0 Å². The Hall–Kier alpha value is -2.12. The van der Waals surface area contributed by atoms with Crippen molar-refractivity contribution in [3.63, 3.8) is 0 Å². The number of hydrogen-bond acceptors (Lipinski definition) is 3. The summed E-state index contributed by atoms with van der Waals surface area (Å²) >= 11 is 0. The Balaban J connectivity index is 1.73. The van der Waals surface area contributed by atoms with Crippen molar-refractivity contribution in [3.05, 3.63) is 52.8 Å². The third-order valence-corrected chi connectivity index (χ3v) is 7.33. The molecule has 0 radical (unpaired) electrons. The summed E-state index contributed by atoms with van der Waals surface area (Å²) in [4.78, 5) is 15.1. The average molecular weight is 404 g/mol. The number of aromatic nitrogens is 1. The lowest BCUT2D eigenvalue weighted by Gasteiger charge is -2.34. The van der Waals surface area contributed by atoms with Crippen LogP contribution in [0.25, 0.3) is 0 Å². The van der Waals surface area contributed by atoms with Crippen molar-refractivity contribution in [2.45, 2.75) is 45.6 Å². The Morgan fingerprint density at radius 3 is 2.04 bits per heavy atom. The molecule has 0 unspecified atom stereocenters. The van der Waals surface area contributed by atoms with Crippen LogP contribution in [0.3, 0.4) is 0 Å². The first-order valence-electron chi connectivity index (χ1n) is 9.67. The molecule has 0 aliphatic carbocycles. The highest BCUT2D eigenvalue weighted by atomic mass is 32.2. The van der Waals surface area contributed by atoms with Crippen molar-refractivity contribution in [2.24, 2.45) is 0 Å². The van der Waals surface area contributed by atoms with Crippen LogP contribution >= 0.6 is 0 Å². The fourth-order valence-corrected chi connectivity index (χ4v) is 5.37. The Labute approximate surface area is 167 Å². The molecule has 1 aliphatic rings. The number of benzene rings is 1. The fraction of sp³-hybridized carbons (Fsp3) is 0.476. The van der Waals surface area contributed by atoms with Crippen molar-refractivity contribution in [3.8, 4) is 0 Å². The van der Waals surface area contributed by atoms with Gasteiger partial charge in [-0.25, -0.2) is 8.42 Å². The molecule has 1 aromatic heterocycles. The van der Waals surface area contributed by atoms with E-state index < -0.39 is 10.0 Å². The van der Waals surface area contributed by atoms with E-state index in [4.69, 9.17) is 0 Å². The minimum atomic E-state index is -3.52. The fourth-order valence-electron chi connectivity index (χ4n) is 3.95. The topological polar surface area (TPSA) is 62.6 Å². The molecule has 2 aromatic rings. The zero-order valence-electron chi connectivity index (χ0n) is 17.3. The SMILES string of the molecule is Cc1ccc(S(=O)(=O)N2CCN(C(=O)c3cc(C)n(C(C)C)c3C)CC2)cc1. The molecule has 0 N–H and O–H groups in total. The molecule has 0 atom stereocenters. The van der Waals surface area contributed by atoms with E-state index in [1.165, 1.54) is 4.31 Å². The smallest absolute Gasteiger partial charge is 0.255 e. The Morgan fingerprint density at radius 2 is 1.54 bits per heavy atom. The van der Waals surface area contributed by atoms with Gasteiger partial charge < -0.3 is 9.47 Å². The summed E-state index contributed by atoms with van der Waals surface area (Å²) in [6, 6.07) is 9.12. The number of piperazine rings is 1. The molecular weight excluding hydrogens is 374 g/mol. The van der Waals surface area contributed by atoms with Crippen molar-refractivity contribution >= 4 is 15.9 Å². The summed E-state index contributed by atoms with van der Waals surface area (Å²) < 4.78 is 29.3. The van der Waals surface area contributed by atoms with E-state index in [0.29, 0.717) is 36.6 Å². The second-order valence-corrected chi connectivity index (χ2v) is 9.70. The highest BCUT2D eigenvalue weighted by Crippen LogP contribution is 2.23. The number of aryl methyl sites for hydroxylation is 2. The monoisotopic (exact) mass is 403 g/mol. The molecule has 0 spiro atoms. The van der Waals surface area contributed by atoms with Crippen LogP contribution in [0.5, 0.6) is 0 Å². The van der Waals surface area contributed by atoms with Gasteiger partial charge in [0.1, 0.15) is 0 Å². The second-order valence-electron chi connectivity index (χ2n) is 7.76. The molecular formula is C21H29N3O3S. The summed E-state index contributed by atoms with van der Waals surface area (Å²) in [6.07, 6.45) is 0. The molecule has 2 heterocycles. The minimum absolute atomic E-state index is 0.0209. The zero-order valence-corrected chi connectivity index (χ0v) is 18.1. The lowest BCUT2D eigenvalue weighted by Crippen LogP contribution is -2.50. The van der Waals surface area contributed by atoms with Crippen LogP contribution in [0, 0.1) is 20.8 Å². The summed E-state index contributed by atoms with van der Waals surface area (Å²) in [5, 5.41) is 0. The van der Waals surface area contributed by atoms with Crippen molar-refractivity contribution < 1.29 is 13.2 Å². The molecule has 1 fully saturated rings. The van der Waals surface area contributed by atoms with Crippen molar-refractivity contribution in [1.29, 1.82) is 0 Å². The number of nitrogens with zero attached hydrogens (tertiary/aromatic N) is 3. The van der Waals surface area contributed by atoms with Gasteiger partial charge in [0.2, 0.25) is 10.0 Å². The van der Waals surface area contributed by atoms with Crippen LogP contribution in [-0.4, -0.2) is 54.3 Å². The van der Waals surface area contributed by atoms with E-state index in [0.717, 1.165) is 17.0 Å². The maximum atomic E-state index is 13.0. The van der Waals surface area contributed by atoms with Gasteiger partial charge >= 0.3 is 0 Å². The minimum Gasteiger partial charge on any atom is -0.346 e. The molecule has 0 saturated carbocycles. The molecule has 6 nitrogen and oxygen atoms in total. The first kappa shape index (κ1) is 20.6. The highest BCUT2D eigenvalue weighted by molar-refractivity contribution is 7.89. The van der Waals surface area contributed by atoms with Crippen LogP contribution < -0.4 is 0 Å². The Bertz CT molecular complexity index is 967. The number of rotatable bonds is 4. The van der Waals surface area contributed by atoms with Crippen LogP contribution in [0.4, 0.5) is 0 Å². The van der Waals surface area contributed by atoms with Crippen molar-refractivity contribution in [1.82, 2.24) is 13.8 Å². The largest absolute Gasteiger partial charge is 0.346 e. The predicted molar refractivity (Wildman–Crippen MR) is 110 cm³/mol. The normalized spacial score (nSPS) is 16.0. The maximum absolute atomic E-state index is 13.0. The zero-order chi connectivity index (χ0) is 20.6. The number of amides is 1. The molecule has 1 amide bonds. The summed E-state index contributed by atoms with van der Waals surface area (Å²) in [5.74, 6) is -0.0209. The number of carbonyl (C=O) groups excluding carboxylic acids is 1. The standard InChI is InChI=1S/C21H29N3O3S/c1-15(2)24-17(4)14-20(18(24)5)21(25)22-10-12-23(13-11-22)28(26,27)19-8-6-16(3)7-9-19/h6-9,14-15H,10-13H2,1-5H3. The Kier molecular flexibility index (Phi) is 5.68. The van der Waals surface area contributed by atoms with Gasteiger partial charge in [-0.2, -0.15) is 4.31 Å². The molecule has 1 saturated heterocycles. The Morgan fingerprint density at radius 1 is 0.964 bits per heavy atom. The van der Waals surface area contributed by atoms with E-state index in [1.807, 2.05) is 26.8 Å². The van der Waals surface area contributed by atoms with E-state index >= 15 is 0 Å². The summed E-state index contributed by atoms with van der Waals surface area (Å²) in [5.41, 5.74) is 3.76. The predicted octanol–water partition coefficient (Wildman–Crippen LogP) is 3.14. The van der Waals surface area contributed by atoms with E-state index in [1.54, 1.807) is 29.2 Å². The first-order chi connectivity index (χ1) is 13.1. The third kappa shape index (κ3) is 3.73. The van der Waals surface area contributed by atoms with Crippen LogP contribution in [-0.2, 0) is 10.0 Å². The van der Waals surface area contributed by atoms with Gasteiger partial charge in [0.05, 0.1) is 10.5 Å². The van der Waals surface area contributed by atoms with Gasteiger partial charge in [-0.05, 0) is 52.8 Å². The van der Waals surface area contributed by atoms with Crippen LogP contribution in [0.1, 0.15) is 47.2 Å². The second kappa shape index (κ2) is 7.72. The lowest BCUT2D eigenvalue weighted by atomic mass is 10.2. The third-order valence-electron chi connectivity index (χ3n) is 5.42. The van der Waals surface area contributed by atoms with E-state index in [9.17, 15) is 13.2 Å². The van der Waals surface area contributed by atoms with Gasteiger partial charge in [-0.15, -0.1) is 0 Å². The van der Waals surface area contributed by atoms with Gasteiger partial charge in [-0.1, -0.05) is 17.7 Å². The number of carbonyl (C=O) groups is 1. The van der Waals surface area contributed by atoms with Crippen LogP contribution in [0.2, 0.25) is 0 Å².